The second kappa shape index (κ2) is 8.04. The van der Waals surface area contributed by atoms with Crippen molar-refractivity contribution in [2.24, 2.45) is 0 Å². The van der Waals surface area contributed by atoms with Crippen LogP contribution < -0.4 is 10.4 Å². The predicted molar refractivity (Wildman–Crippen MR) is 109 cm³/mol. The third-order valence-corrected chi connectivity index (χ3v) is 4.97. The Morgan fingerprint density at radius 2 is 1.93 bits per heavy atom. The zero-order valence-corrected chi connectivity index (χ0v) is 16.2. The summed E-state index contributed by atoms with van der Waals surface area (Å²) in [5, 5.41) is 20.3. The fourth-order valence-electron chi connectivity index (χ4n) is 3.19. The number of aliphatic hydroxyl groups excluding tert-OH is 2. The molecule has 2 aromatic carbocycles. The van der Waals surface area contributed by atoms with Gasteiger partial charge in [0.2, 0.25) is 0 Å². The van der Waals surface area contributed by atoms with E-state index in [4.69, 9.17) is 9.15 Å². The van der Waals surface area contributed by atoms with Gasteiger partial charge in [-0.3, -0.25) is 0 Å². The first kappa shape index (κ1) is 19.7. The molecule has 2 N–H and O–H groups in total. The van der Waals surface area contributed by atoms with Crippen LogP contribution in [-0.2, 0) is 13.2 Å². The van der Waals surface area contributed by atoms with Crippen molar-refractivity contribution in [2.45, 2.75) is 26.2 Å². The van der Waals surface area contributed by atoms with Crippen LogP contribution in [0.2, 0.25) is 0 Å². The number of ether oxygens (including phenoxy) is 1. The third-order valence-electron chi connectivity index (χ3n) is 4.97. The van der Waals surface area contributed by atoms with E-state index < -0.39 is 11.7 Å². The molecule has 7 heteroatoms. The summed E-state index contributed by atoms with van der Waals surface area (Å²) in [6.45, 7) is 2.12. The molecular weight excluding hydrogens is 389 g/mol. The third kappa shape index (κ3) is 4.06. The summed E-state index contributed by atoms with van der Waals surface area (Å²) in [7, 11) is 0. The van der Waals surface area contributed by atoms with E-state index >= 15 is 0 Å². The van der Waals surface area contributed by atoms with E-state index in [0.717, 1.165) is 10.9 Å². The van der Waals surface area contributed by atoms with Crippen molar-refractivity contribution in [3.05, 3.63) is 99.6 Å². The molecule has 2 heterocycles. The monoisotopic (exact) mass is 409 g/mol. The zero-order valence-electron chi connectivity index (χ0n) is 16.2. The van der Waals surface area contributed by atoms with Gasteiger partial charge < -0.3 is 24.3 Å². The van der Waals surface area contributed by atoms with Gasteiger partial charge in [-0.15, -0.1) is 0 Å². The first-order chi connectivity index (χ1) is 14.4. The molecule has 4 rings (SSSR count). The maximum atomic E-state index is 13.0. The van der Waals surface area contributed by atoms with Crippen molar-refractivity contribution in [3.8, 4) is 5.75 Å². The molecule has 6 nitrogen and oxygen atoms in total. The maximum absolute atomic E-state index is 13.0. The van der Waals surface area contributed by atoms with Crippen molar-refractivity contribution < 1.29 is 23.8 Å². The van der Waals surface area contributed by atoms with Crippen LogP contribution in [-0.4, -0.2) is 21.2 Å². The largest absolute Gasteiger partial charge is 0.507 e. The Morgan fingerprint density at radius 1 is 1.17 bits per heavy atom. The molecule has 0 fully saturated rings. The van der Waals surface area contributed by atoms with Gasteiger partial charge in [0.05, 0.1) is 17.8 Å². The summed E-state index contributed by atoms with van der Waals surface area (Å²) in [6.07, 6.45) is 2.02. The number of nitrogens with zero attached hydrogens (tertiary/aromatic N) is 1. The van der Waals surface area contributed by atoms with Crippen molar-refractivity contribution >= 4 is 11.0 Å². The number of halogens is 1. The lowest BCUT2D eigenvalue weighted by molar-refractivity contribution is 0.172. The number of fused-ring (bicyclic) bond motifs is 1. The van der Waals surface area contributed by atoms with Crippen LogP contribution >= 0.6 is 0 Å². The molecule has 1 atom stereocenters. The van der Waals surface area contributed by atoms with Crippen LogP contribution in [0, 0.1) is 5.82 Å². The SMILES string of the molecule is CC1=C(O)C(O)C=CN1Cc1cc2ccc(OCc3ccc(F)cc3)cc2oc1=O. The van der Waals surface area contributed by atoms with Crippen molar-refractivity contribution in [2.75, 3.05) is 0 Å². The lowest BCUT2D eigenvalue weighted by atomic mass is 10.1. The van der Waals surface area contributed by atoms with Crippen LogP contribution in [0.15, 0.2) is 81.5 Å². The normalized spacial score (nSPS) is 16.4. The lowest BCUT2D eigenvalue weighted by Crippen LogP contribution is -2.26. The molecule has 3 aromatic rings. The van der Waals surface area contributed by atoms with E-state index in [1.54, 1.807) is 54.4 Å². The number of hydrogen-bond donors (Lipinski definition) is 2. The highest BCUT2D eigenvalue weighted by Gasteiger charge is 2.20. The minimum atomic E-state index is -1.04. The molecule has 1 unspecified atom stereocenters. The molecular formula is C23H20FNO5. The van der Waals surface area contributed by atoms with Crippen LogP contribution in [0.3, 0.4) is 0 Å². The molecule has 0 saturated carbocycles. The van der Waals surface area contributed by atoms with E-state index in [1.807, 2.05) is 0 Å². The van der Waals surface area contributed by atoms with Gasteiger partial charge in [0.1, 0.15) is 35.6 Å². The van der Waals surface area contributed by atoms with Crippen LogP contribution in [0.1, 0.15) is 18.1 Å². The summed E-state index contributed by atoms with van der Waals surface area (Å²) < 4.78 is 24.2. The number of benzene rings is 2. The molecule has 1 aliphatic heterocycles. The molecule has 0 bridgehead atoms. The fraction of sp³-hybridized carbons (Fsp3) is 0.174. The van der Waals surface area contributed by atoms with Crippen molar-refractivity contribution in [1.82, 2.24) is 4.90 Å². The minimum absolute atomic E-state index is 0.148. The molecule has 0 saturated heterocycles. The summed E-state index contributed by atoms with van der Waals surface area (Å²) >= 11 is 0. The van der Waals surface area contributed by atoms with Gasteiger partial charge in [-0.25, -0.2) is 9.18 Å². The van der Waals surface area contributed by atoms with Crippen LogP contribution in [0.4, 0.5) is 4.39 Å². The van der Waals surface area contributed by atoms with Crippen LogP contribution in [0.5, 0.6) is 5.75 Å². The Balaban J connectivity index is 1.53. The minimum Gasteiger partial charge on any atom is -0.507 e. The van der Waals surface area contributed by atoms with Crippen molar-refractivity contribution in [1.29, 1.82) is 0 Å². The average Bonchev–Trinajstić information content (AvgIpc) is 2.74. The smallest absolute Gasteiger partial charge is 0.341 e. The Morgan fingerprint density at radius 3 is 2.70 bits per heavy atom. The second-order valence-electron chi connectivity index (χ2n) is 7.06. The highest BCUT2D eigenvalue weighted by atomic mass is 19.1. The predicted octanol–water partition coefficient (Wildman–Crippen LogP) is 3.99. The van der Waals surface area contributed by atoms with E-state index in [1.165, 1.54) is 18.2 Å². The fourth-order valence-corrected chi connectivity index (χ4v) is 3.19. The van der Waals surface area contributed by atoms with Gasteiger partial charge in [-0.2, -0.15) is 0 Å². The number of rotatable bonds is 5. The standard InChI is InChI=1S/C23H20FNO5/c1-14-22(27)20(26)8-9-25(14)12-17-10-16-4-7-19(11-21(16)30-23(17)28)29-13-15-2-5-18(24)6-3-15/h2-11,20,26-27H,12-13H2,1H3. The highest BCUT2D eigenvalue weighted by molar-refractivity contribution is 5.78. The van der Waals surface area contributed by atoms with E-state index in [-0.39, 0.29) is 24.7 Å². The maximum Gasteiger partial charge on any atom is 0.341 e. The Bertz CT molecular complexity index is 1200. The van der Waals surface area contributed by atoms with Crippen LogP contribution in [0.25, 0.3) is 11.0 Å². The highest BCUT2D eigenvalue weighted by Crippen LogP contribution is 2.24. The topological polar surface area (TPSA) is 83.1 Å². The number of allylic oxidation sites excluding steroid dienone is 1. The quantitative estimate of drug-likeness (QED) is 0.620. The summed E-state index contributed by atoms with van der Waals surface area (Å²) in [6, 6.07) is 13.0. The lowest BCUT2D eigenvalue weighted by Gasteiger charge is -2.26. The first-order valence-corrected chi connectivity index (χ1v) is 9.37. The Hall–Kier alpha value is -3.58. The average molecular weight is 409 g/mol. The molecule has 154 valence electrons. The van der Waals surface area contributed by atoms with Gasteiger partial charge in [-0.05, 0) is 48.9 Å². The number of hydrogen-bond acceptors (Lipinski definition) is 6. The Labute approximate surface area is 171 Å². The molecule has 0 radical (unpaired) electrons. The molecule has 0 aliphatic carbocycles. The molecule has 0 spiro atoms. The second-order valence-corrected chi connectivity index (χ2v) is 7.06. The first-order valence-electron chi connectivity index (χ1n) is 9.37. The summed E-state index contributed by atoms with van der Waals surface area (Å²) in [4.78, 5) is 14.1. The van der Waals surface area contributed by atoms with Gasteiger partial charge in [0.15, 0.2) is 0 Å². The van der Waals surface area contributed by atoms with Gasteiger partial charge in [0.25, 0.3) is 0 Å². The number of aliphatic hydroxyl groups is 2. The summed E-state index contributed by atoms with van der Waals surface area (Å²) in [5.74, 6) is 0.0733. The van der Waals surface area contributed by atoms with Gasteiger partial charge in [0, 0.05) is 17.7 Å². The van der Waals surface area contributed by atoms with Gasteiger partial charge in [-0.1, -0.05) is 12.1 Å². The summed E-state index contributed by atoms with van der Waals surface area (Å²) in [5.41, 5.74) is 1.59. The Kier molecular flexibility index (Phi) is 5.29. The zero-order chi connectivity index (χ0) is 21.3. The van der Waals surface area contributed by atoms with Gasteiger partial charge >= 0.3 is 5.63 Å². The molecule has 0 amide bonds. The van der Waals surface area contributed by atoms with Crippen molar-refractivity contribution in [3.63, 3.8) is 0 Å². The van der Waals surface area contributed by atoms with E-state index in [9.17, 15) is 19.4 Å². The van der Waals surface area contributed by atoms with E-state index in [0.29, 0.717) is 22.6 Å². The molecule has 1 aromatic heterocycles. The van der Waals surface area contributed by atoms with E-state index in [2.05, 4.69) is 0 Å². The molecule has 30 heavy (non-hydrogen) atoms. The molecule has 1 aliphatic rings.